The minimum Gasteiger partial charge on any atom is -0.467 e. The highest BCUT2D eigenvalue weighted by Crippen LogP contribution is 2.38. The molecule has 0 spiro atoms. The van der Waals surface area contributed by atoms with E-state index in [0.29, 0.717) is 12.5 Å². The highest BCUT2D eigenvalue weighted by molar-refractivity contribution is 5.41. The average molecular weight is 285 g/mol. The van der Waals surface area contributed by atoms with Crippen LogP contribution < -0.4 is 4.90 Å². The van der Waals surface area contributed by atoms with E-state index in [9.17, 15) is 0 Å². The van der Waals surface area contributed by atoms with E-state index < -0.39 is 0 Å². The molecule has 21 heavy (non-hydrogen) atoms. The standard InChI is InChI=1S/C16H19N3O2/c1-11-9-15(18-16(17-11)12-4-5-12)19-6-8-21-14(10-19)13-3-2-7-20-13/h2-3,7,9,12,14H,4-6,8,10H2,1H3. The van der Waals surface area contributed by atoms with Gasteiger partial charge in [0, 0.05) is 24.2 Å². The first-order valence-electron chi connectivity index (χ1n) is 7.55. The Balaban J connectivity index is 1.57. The predicted molar refractivity (Wildman–Crippen MR) is 78.4 cm³/mol. The summed E-state index contributed by atoms with van der Waals surface area (Å²) in [6, 6.07) is 5.93. The van der Waals surface area contributed by atoms with E-state index in [1.807, 2.05) is 19.1 Å². The van der Waals surface area contributed by atoms with Crippen molar-refractivity contribution < 1.29 is 9.15 Å². The molecule has 0 amide bonds. The third kappa shape index (κ3) is 2.65. The second-order valence-electron chi connectivity index (χ2n) is 5.82. The molecule has 2 fully saturated rings. The lowest BCUT2D eigenvalue weighted by molar-refractivity contribution is 0.0255. The van der Waals surface area contributed by atoms with Crippen LogP contribution >= 0.6 is 0 Å². The van der Waals surface area contributed by atoms with Gasteiger partial charge in [-0.05, 0) is 31.9 Å². The number of morpholine rings is 1. The third-order valence-electron chi connectivity index (χ3n) is 4.05. The van der Waals surface area contributed by atoms with Crippen molar-refractivity contribution in [3.8, 4) is 0 Å². The van der Waals surface area contributed by atoms with Crippen LogP contribution in [0.15, 0.2) is 28.9 Å². The Bertz CT molecular complexity index is 622. The van der Waals surface area contributed by atoms with Crippen LogP contribution in [-0.2, 0) is 4.74 Å². The number of nitrogens with zero attached hydrogens (tertiary/aromatic N) is 3. The second-order valence-corrected chi connectivity index (χ2v) is 5.82. The summed E-state index contributed by atoms with van der Waals surface area (Å²) in [5.41, 5.74) is 1.04. The van der Waals surface area contributed by atoms with E-state index in [2.05, 4.69) is 16.0 Å². The topological polar surface area (TPSA) is 51.4 Å². The molecule has 0 N–H and O–H groups in total. The van der Waals surface area contributed by atoms with Crippen LogP contribution in [0.2, 0.25) is 0 Å². The Kier molecular flexibility index (Phi) is 3.15. The number of aryl methyl sites for hydroxylation is 1. The number of hydrogen-bond donors (Lipinski definition) is 0. The molecule has 5 heteroatoms. The van der Waals surface area contributed by atoms with Gasteiger partial charge in [0.2, 0.25) is 0 Å². The Morgan fingerprint density at radius 3 is 2.95 bits per heavy atom. The van der Waals surface area contributed by atoms with Gasteiger partial charge in [-0.2, -0.15) is 0 Å². The van der Waals surface area contributed by atoms with E-state index in [-0.39, 0.29) is 6.10 Å². The van der Waals surface area contributed by atoms with Crippen molar-refractivity contribution in [1.29, 1.82) is 0 Å². The molecule has 110 valence electrons. The first-order valence-corrected chi connectivity index (χ1v) is 7.55. The molecule has 1 saturated carbocycles. The Morgan fingerprint density at radius 2 is 2.19 bits per heavy atom. The van der Waals surface area contributed by atoms with Gasteiger partial charge in [-0.15, -0.1) is 0 Å². The second kappa shape index (κ2) is 5.15. The van der Waals surface area contributed by atoms with Crippen molar-refractivity contribution in [1.82, 2.24) is 9.97 Å². The van der Waals surface area contributed by atoms with Crippen LogP contribution in [0.1, 0.15) is 42.1 Å². The summed E-state index contributed by atoms with van der Waals surface area (Å²) >= 11 is 0. The number of hydrogen-bond acceptors (Lipinski definition) is 5. The van der Waals surface area contributed by atoms with Gasteiger partial charge in [-0.3, -0.25) is 0 Å². The SMILES string of the molecule is Cc1cc(N2CCOC(c3ccco3)C2)nc(C2CC2)n1. The maximum Gasteiger partial charge on any atom is 0.134 e. The summed E-state index contributed by atoms with van der Waals surface area (Å²) in [4.78, 5) is 11.6. The molecular weight excluding hydrogens is 266 g/mol. The monoisotopic (exact) mass is 285 g/mol. The molecule has 0 radical (unpaired) electrons. The quantitative estimate of drug-likeness (QED) is 0.868. The molecule has 1 atom stereocenters. The van der Waals surface area contributed by atoms with Gasteiger partial charge in [0.05, 0.1) is 19.4 Å². The van der Waals surface area contributed by atoms with Gasteiger partial charge in [-0.25, -0.2) is 9.97 Å². The van der Waals surface area contributed by atoms with Crippen LogP contribution in [0.3, 0.4) is 0 Å². The van der Waals surface area contributed by atoms with Gasteiger partial charge in [0.25, 0.3) is 0 Å². The maximum absolute atomic E-state index is 5.82. The highest BCUT2D eigenvalue weighted by Gasteiger charge is 2.29. The Labute approximate surface area is 124 Å². The van der Waals surface area contributed by atoms with E-state index in [4.69, 9.17) is 14.1 Å². The molecule has 2 aromatic heterocycles. The number of ether oxygens (including phenoxy) is 1. The number of furan rings is 1. The predicted octanol–water partition coefficient (Wildman–Crippen LogP) is 2.83. The summed E-state index contributed by atoms with van der Waals surface area (Å²) in [7, 11) is 0. The molecule has 1 aliphatic carbocycles. The van der Waals surface area contributed by atoms with Gasteiger partial charge in [0.15, 0.2) is 0 Å². The number of aromatic nitrogens is 2. The van der Waals surface area contributed by atoms with Crippen molar-refractivity contribution in [3.63, 3.8) is 0 Å². The normalized spacial score (nSPS) is 22.5. The first kappa shape index (κ1) is 12.8. The van der Waals surface area contributed by atoms with Crippen molar-refractivity contribution in [3.05, 3.63) is 41.7 Å². The van der Waals surface area contributed by atoms with Crippen molar-refractivity contribution in [2.75, 3.05) is 24.6 Å². The van der Waals surface area contributed by atoms with E-state index in [1.54, 1.807) is 6.26 Å². The van der Waals surface area contributed by atoms with E-state index >= 15 is 0 Å². The van der Waals surface area contributed by atoms with Gasteiger partial charge < -0.3 is 14.1 Å². The van der Waals surface area contributed by atoms with Gasteiger partial charge in [-0.1, -0.05) is 0 Å². The fourth-order valence-corrected chi connectivity index (χ4v) is 2.76. The van der Waals surface area contributed by atoms with Crippen LogP contribution in [0.4, 0.5) is 5.82 Å². The summed E-state index contributed by atoms with van der Waals surface area (Å²) in [6.45, 7) is 4.36. The van der Waals surface area contributed by atoms with Crippen molar-refractivity contribution in [2.45, 2.75) is 31.8 Å². The average Bonchev–Trinajstić information content (AvgIpc) is 3.22. The molecule has 4 rings (SSSR count). The molecule has 5 nitrogen and oxygen atoms in total. The summed E-state index contributed by atoms with van der Waals surface area (Å²) in [6.07, 6.45) is 4.12. The fraction of sp³-hybridized carbons (Fsp3) is 0.500. The number of anilines is 1. The summed E-state index contributed by atoms with van der Waals surface area (Å²) < 4.78 is 11.3. The molecule has 1 saturated heterocycles. The minimum absolute atomic E-state index is 0.0200. The zero-order valence-electron chi connectivity index (χ0n) is 12.2. The smallest absolute Gasteiger partial charge is 0.134 e. The Hall–Kier alpha value is -1.88. The fourth-order valence-electron chi connectivity index (χ4n) is 2.76. The maximum atomic E-state index is 5.82. The molecule has 1 unspecified atom stereocenters. The highest BCUT2D eigenvalue weighted by atomic mass is 16.5. The Morgan fingerprint density at radius 1 is 1.29 bits per heavy atom. The van der Waals surface area contributed by atoms with Crippen molar-refractivity contribution in [2.24, 2.45) is 0 Å². The van der Waals surface area contributed by atoms with Crippen LogP contribution in [0.5, 0.6) is 0 Å². The zero-order chi connectivity index (χ0) is 14.2. The lowest BCUT2D eigenvalue weighted by Gasteiger charge is -2.33. The van der Waals surface area contributed by atoms with Crippen LogP contribution in [0, 0.1) is 6.92 Å². The lowest BCUT2D eigenvalue weighted by Crippen LogP contribution is -2.39. The minimum atomic E-state index is -0.0200. The summed E-state index contributed by atoms with van der Waals surface area (Å²) in [5, 5.41) is 0. The molecule has 2 aromatic rings. The lowest BCUT2D eigenvalue weighted by atomic mass is 10.2. The third-order valence-corrected chi connectivity index (χ3v) is 4.05. The van der Waals surface area contributed by atoms with E-state index in [1.165, 1.54) is 12.8 Å². The van der Waals surface area contributed by atoms with Gasteiger partial charge >= 0.3 is 0 Å². The zero-order valence-corrected chi connectivity index (χ0v) is 12.2. The molecule has 3 heterocycles. The molecule has 2 aliphatic rings. The van der Waals surface area contributed by atoms with Crippen molar-refractivity contribution >= 4 is 5.82 Å². The molecule has 1 aliphatic heterocycles. The number of rotatable bonds is 3. The van der Waals surface area contributed by atoms with Crippen LogP contribution in [0.25, 0.3) is 0 Å². The molecular formula is C16H19N3O2. The largest absolute Gasteiger partial charge is 0.467 e. The van der Waals surface area contributed by atoms with Crippen LogP contribution in [-0.4, -0.2) is 29.7 Å². The first-order chi connectivity index (χ1) is 10.3. The van der Waals surface area contributed by atoms with E-state index in [0.717, 1.165) is 36.2 Å². The molecule has 0 aromatic carbocycles. The van der Waals surface area contributed by atoms with Gasteiger partial charge in [0.1, 0.15) is 23.5 Å². The summed E-state index contributed by atoms with van der Waals surface area (Å²) in [5.74, 6) is 3.48. The molecule has 0 bridgehead atoms.